The molecule has 0 saturated heterocycles. The highest BCUT2D eigenvalue weighted by molar-refractivity contribution is 7.59. The summed E-state index contributed by atoms with van der Waals surface area (Å²) in [6, 6.07) is 30.2. The number of hydrogen-bond acceptors (Lipinski definition) is 5. The highest BCUT2D eigenvalue weighted by atomic mass is 31.2. The molecule has 1 N–H and O–H groups in total. The summed E-state index contributed by atoms with van der Waals surface area (Å²) in [6.45, 7) is 10.6. The summed E-state index contributed by atoms with van der Waals surface area (Å²) in [4.78, 5) is 12.3. The van der Waals surface area contributed by atoms with Crippen molar-refractivity contribution in [2.24, 2.45) is 0 Å². The number of ether oxygens (including phenoxy) is 1. The van der Waals surface area contributed by atoms with E-state index in [1.165, 1.54) is 19.2 Å². The van der Waals surface area contributed by atoms with Crippen molar-refractivity contribution in [3.05, 3.63) is 125 Å². The van der Waals surface area contributed by atoms with E-state index in [9.17, 15) is 18.9 Å². The predicted octanol–water partition coefficient (Wildman–Crippen LogP) is 7.91. The number of carbonyl (C=O) groups is 1. The zero-order valence-electron chi connectivity index (χ0n) is 28.2. The lowest BCUT2D eigenvalue weighted by molar-refractivity contribution is -0.138. The van der Waals surface area contributed by atoms with Gasteiger partial charge in [0, 0.05) is 13.3 Å². The van der Waals surface area contributed by atoms with Gasteiger partial charge in [-0.15, -0.1) is 0 Å². The second kappa shape index (κ2) is 15.6. The Balaban J connectivity index is 1.65. The number of rotatable bonds is 15. The maximum atomic E-state index is 14.5. The number of halogens is 1. The first kappa shape index (κ1) is 36.3. The second-order valence-corrected chi connectivity index (χ2v) is 20.2. The van der Waals surface area contributed by atoms with Gasteiger partial charge in [-0.1, -0.05) is 99.6 Å². The van der Waals surface area contributed by atoms with Gasteiger partial charge in [-0.25, -0.2) is 4.39 Å². The topological polar surface area (TPSA) is 82.1 Å². The van der Waals surface area contributed by atoms with Crippen LogP contribution in [0.5, 0.6) is 5.75 Å². The second-order valence-electron chi connectivity index (χ2n) is 13.1. The molecule has 0 heterocycles. The molecule has 0 aliphatic heterocycles. The van der Waals surface area contributed by atoms with Crippen LogP contribution in [0.3, 0.4) is 0 Å². The van der Waals surface area contributed by atoms with E-state index in [4.69, 9.17) is 13.7 Å². The minimum atomic E-state index is -3.40. The van der Waals surface area contributed by atoms with Gasteiger partial charge in [0.1, 0.15) is 18.2 Å². The fourth-order valence-electron chi connectivity index (χ4n) is 6.28. The Kier molecular flexibility index (Phi) is 12.0. The smallest absolute Gasteiger partial charge is 0.305 e. The molecule has 0 aliphatic rings. The standard InChI is InChI=1S/C38H46FO6PSi/c1-28-23-29(2)35(36(24-28)44-26-30-17-19-31(39)20-18-30)21-22-46(42,43-6)27-32(25-37(40)41)45-47(38(3,4)5,33-13-9-7-10-14-33)34-15-11-8-12-16-34/h7-20,23-24,32H,21-22,25-27H2,1-6H3,(H,40,41)/t32-,46?/m0/s1. The van der Waals surface area contributed by atoms with Gasteiger partial charge in [-0.05, 0) is 76.1 Å². The van der Waals surface area contributed by atoms with Crippen molar-refractivity contribution < 1.29 is 32.5 Å². The molecule has 0 radical (unpaired) electrons. The molecule has 4 aromatic carbocycles. The molecule has 0 amide bonds. The van der Waals surface area contributed by atoms with Crippen molar-refractivity contribution in [1.82, 2.24) is 0 Å². The molecule has 2 atom stereocenters. The van der Waals surface area contributed by atoms with Gasteiger partial charge in [-0.3, -0.25) is 9.36 Å². The Hall–Kier alpha value is -3.55. The van der Waals surface area contributed by atoms with Crippen LogP contribution in [0.4, 0.5) is 4.39 Å². The maximum absolute atomic E-state index is 14.5. The predicted molar refractivity (Wildman–Crippen MR) is 189 cm³/mol. The summed E-state index contributed by atoms with van der Waals surface area (Å²) in [5.41, 5.74) is 3.75. The third-order valence-electron chi connectivity index (χ3n) is 8.56. The quantitative estimate of drug-likeness (QED) is 0.102. The fraction of sp³-hybridized carbons (Fsp3) is 0.342. The van der Waals surface area contributed by atoms with Gasteiger partial charge in [0.25, 0.3) is 8.32 Å². The Morgan fingerprint density at radius 1 is 0.915 bits per heavy atom. The minimum absolute atomic E-state index is 0.0447. The van der Waals surface area contributed by atoms with E-state index in [1.807, 2.05) is 80.6 Å². The number of aryl methyl sites for hydroxylation is 2. The molecule has 0 spiro atoms. The van der Waals surface area contributed by atoms with Gasteiger partial charge >= 0.3 is 5.97 Å². The summed E-state index contributed by atoms with van der Waals surface area (Å²) in [7, 11) is -5.10. The van der Waals surface area contributed by atoms with E-state index in [2.05, 4.69) is 26.8 Å². The van der Waals surface area contributed by atoms with Crippen LogP contribution >= 0.6 is 7.37 Å². The molecular weight excluding hydrogens is 630 g/mol. The third-order valence-corrected chi connectivity index (χ3v) is 16.2. The summed E-state index contributed by atoms with van der Waals surface area (Å²) in [5.74, 6) is -0.669. The SMILES string of the molecule is COP(=O)(CCc1c(C)cc(C)cc1OCc1ccc(F)cc1)C[C@H](CC(=O)O)O[Si](c1ccccc1)(c1ccccc1)C(C)(C)C. The summed E-state index contributed by atoms with van der Waals surface area (Å²) in [5, 5.41) is 11.7. The lowest BCUT2D eigenvalue weighted by atomic mass is 10.0. The van der Waals surface area contributed by atoms with Crippen molar-refractivity contribution >= 4 is 32.0 Å². The molecule has 0 aliphatic carbocycles. The molecule has 0 fully saturated rings. The average Bonchev–Trinajstić information content (AvgIpc) is 3.02. The van der Waals surface area contributed by atoms with Crippen LogP contribution < -0.4 is 15.1 Å². The first-order chi connectivity index (χ1) is 22.3. The normalized spacial score (nSPS) is 13.9. The van der Waals surface area contributed by atoms with Crippen molar-refractivity contribution in [1.29, 1.82) is 0 Å². The molecule has 4 rings (SSSR count). The van der Waals surface area contributed by atoms with Crippen LogP contribution in [0.15, 0.2) is 97.1 Å². The van der Waals surface area contributed by atoms with Crippen molar-refractivity contribution in [2.75, 3.05) is 19.4 Å². The lowest BCUT2D eigenvalue weighted by Gasteiger charge is -2.45. The Morgan fingerprint density at radius 3 is 2.00 bits per heavy atom. The molecule has 6 nitrogen and oxygen atoms in total. The van der Waals surface area contributed by atoms with E-state index < -0.39 is 27.8 Å². The van der Waals surface area contributed by atoms with E-state index in [0.717, 1.165) is 32.6 Å². The van der Waals surface area contributed by atoms with E-state index in [1.54, 1.807) is 12.1 Å². The molecule has 0 bridgehead atoms. The maximum Gasteiger partial charge on any atom is 0.305 e. The van der Waals surface area contributed by atoms with Crippen LogP contribution in [0, 0.1) is 19.7 Å². The van der Waals surface area contributed by atoms with Crippen LogP contribution in [0.1, 0.15) is 49.4 Å². The number of aliphatic carboxylic acids is 1. The molecular formula is C38H46FO6PSi. The Morgan fingerprint density at radius 2 is 1.49 bits per heavy atom. The average molecular weight is 677 g/mol. The van der Waals surface area contributed by atoms with Crippen LogP contribution in [0.2, 0.25) is 5.04 Å². The van der Waals surface area contributed by atoms with Crippen molar-refractivity contribution in [3.63, 3.8) is 0 Å². The summed E-state index contributed by atoms with van der Waals surface area (Å²) >= 11 is 0. The summed E-state index contributed by atoms with van der Waals surface area (Å²) in [6.07, 6.45) is -0.641. The molecule has 250 valence electrons. The van der Waals surface area contributed by atoms with Gasteiger partial charge in [-0.2, -0.15) is 0 Å². The number of carboxylic acid groups (broad SMARTS) is 1. The zero-order valence-corrected chi connectivity index (χ0v) is 30.1. The van der Waals surface area contributed by atoms with Gasteiger partial charge < -0.3 is 18.8 Å². The van der Waals surface area contributed by atoms with Crippen molar-refractivity contribution in [3.8, 4) is 5.75 Å². The van der Waals surface area contributed by atoms with Crippen LogP contribution in [0.25, 0.3) is 0 Å². The van der Waals surface area contributed by atoms with Gasteiger partial charge in [0.2, 0.25) is 7.37 Å². The highest BCUT2D eigenvalue weighted by Gasteiger charge is 2.52. The summed E-state index contributed by atoms with van der Waals surface area (Å²) < 4.78 is 47.0. The molecule has 1 unspecified atom stereocenters. The molecule has 0 saturated carbocycles. The first-order valence-electron chi connectivity index (χ1n) is 15.9. The highest BCUT2D eigenvalue weighted by Crippen LogP contribution is 2.49. The zero-order chi connectivity index (χ0) is 34.2. The van der Waals surface area contributed by atoms with E-state index in [0.29, 0.717) is 12.2 Å². The minimum Gasteiger partial charge on any atom is -0.489 e. The van der Waals surface area contributed by atoms with Gasteiger partial charge in [0.15, 0.2) is 0 Å². The van der Waals surface area contributed by atoms with Gasteiger partial charge in [0.05, 0.1) is 18.7 Å². The molecule has 0 aromatic heterocycles. The molecule has 4 aromatic rings. The first-order valence-corrected chi connectivity index (χ1v) is 19.8. The van der Waals surface area contributed by atoms with E-state index in [-0.39, 0.29) is 36.2 Å². The van der Waals surface area contributed by atoms with Crippen LogP contribution in [-0.4, -0.2) is 44.9 Å². The fourth-order valence-corrected chi connectivity index (χ4v) is 13.0. The number of benzene rings is 4. The Bertz CT molecular complexity index is 1630. The molecule has 47 heavy (non-hydrogen) atoms. The number of carboxylic acids is 1. The number of hydrogen-bond donors (Lipinski definition) is 1. The lowest BCUT2D eigenvalue weighted by Crippen LogP contribution is -2.68. The van der Waals surface area contributed by atoms with Crippen molar-refractivity contribution in [2.45, 2.75) is 65.2 Å². The largest absolute Gasteiger partial charge is 0.489 e. The monoisotopic (exact) mass is 676 g/mol. The van der Waals surface area contributed by atoms with Crippen LogP contribution in [-0.2, 0) is 31.3 Å². The van der Waals surface area contributed by atoms with E-state index >= 15 is 0 Å². The Labute approximate surface area is 279 Å². The third kappa shape index (κ3) is 9.08. The molecule has 9 heteroatoms.